The normalized spacial score (nSPS) is 15.9. The van der Waals surface area contributed by atoms with Crippen molar-refractivity contribution in [3.63, 3.8) is 0 Å². The van der Waals surface area contributed by atoms with Gasteiger partial charge in [-0.05, 0) is 39.6 Å². The third kappa shape index (κ3) is 4.30. The number of thioether (sulfide) groups is 1. The van der Waals surface area contributed by atoms with E-state index in [1.807, 2.05) is 60.0 Å². The summed E-state index contributed by atoms with van der Waals surface area (Å²) in [5, 5.41) is 20.7. The number of carbonyl (C=O) groups is 1. The zero-order chi connectivity index (χ0) is 21.0. The Hall–Kier alpha value is -3.24. The SMILES string of the molecule is O=C(CSc1nnnn1Cc1ccccc1)N1N=C(c2ccco2)CC1c1cccs1. The van der Waals surface area contributed by atoms with Crippen LogP contribution in [0.2, 0.25) is 0 Å². The zero-order valence-corrected chi connectivity index (χ0v) is 18.0. The lowest BCUT2D eigenvalue weighted by molar-refractivity contribution is -0.130. The van der Waals surface area contributed by atoms with Crippen LogP contribution in [0.25, 0.3) is 0 Å². The molecule has 0 saturated carbocycles. The molecule has 0 saturated heterocycles. The summed E-state index contributed by atoms with van der Waals surface area (Å²) in [5.41, 5.74) is 1.86. The largest absolute Gasteiger partial charge is 0.463 e. The zero-order valence-electron chi connectivity index (χ0n) is 16.4. The second-order valence-electron chi connectivity index (χ2n) is 6.89. The van der Waals surface area contributed by atoms with Crippen LogP contribution in [-0.2, 0) is 11.3 Å². The minimum atomic E-state index is -0.131. The van der Waals surface area contributed by atoms with Gasteiger partial charge in [-0.25, -0.2) is 9.69 Å². The second kappa shape index (κ2) is 8.86. The molecule has 1 aliphatic heterocycles. The van der Waals surface area contributed by atoms with E-state index in [0.717, 1.165) is 16.2 Å². The number of aromatic nitrogens is 4. The molecule has 1 unspecified atom stereocenters. The van der Waals surface area contributed by atoms with Crippen LogP contribution in [0.1, 0.15) is 28.7 Å². The minimum absolute atomic E-state index is 0.0979. The third-order valence-corrected chi connectivity index (χ3v) is 6.76. The molecule has 4 aromatic rings. The average Bonchev–Trinajstić information content (AvgIpc) is 3.59. The Morgan fingerprint density at radius 3 is 2.84 bits per heavy atom. The molecule has 10 heteroatoms. The van der Waals surface area contributed by atoms with Crippen molar-refractivity contribution < 1.29 is 9.21 Å². The average molecular weight is 451 g/mol. The first-order chi connectivity index (χ1) is 15.3. The molecule has 0 N–H and O–H groups in total. The van der Waals surface area contributed by atoms with Gasteiger partial charge in [0, 0.05) is 11.3 Å². The number of hydrogen-bond acceptors (Lipinski definition) is 8. The van der Waals surface area contributed by atoms with Gasteiger partial charge in [0.25, 0.3) is 5.91 Å². The van der Waals surface area contributed by atoms with Gasteiger partial charge in [-0.1, -0.05) is 48.2 Å². The molecule has 0 aliphatic carbocycles. The van der Waals surface area contributed by atoms with Gasteiger partial charge in [0.05, 0.1) is 24.6 Å². The van der Waals surface area contributed by atoms with Crippen LogP contribution in [0.4, 0.5) is 0 Å². The molecule has 1 aliphatic rings. The van der Waals surface area contributed by atoms with Gasteiger partial charge in [-0.15, -0.1) is 16.4 Å². The van der Waals surface area contributed by atoms with Gasteiger partial charge in [0.2, 0.25) is 5.16 Å². The number of thiophene rings is 1. The van der Waals surface area contributed by atoms with E-state index in [9.17, 15) is 4.79 Å². The van der Waals surface area contributed by atoms with Gasteiger partial charge < -0.3 is 4.42 Å². The number of tetrazole rings is 1. The molecule has 0 radical (unpaired) electrons. The van der Waals surface area contributed by atoms with Crippen LogP contribution in [0.15, 0.2) is 80.9 Å². The molecule has 5 rings (SSSR count). The van der Waals surface area contributed by atoms with E-state index >= 15 is 0 Å². The first-order valence-corrected chi connectivity index (χ1v) is 11.5. The first kappa shape index (κ1) is 19.7. The molecule has 4 heterocycles. The van der Waals surface area contributed by atoms with Gasteiger partial charge in [0.15, 0.2) is 0 Å². The van der Waals surface area contributed by atoms with Crippen molar-refractivity contribution in [3.8, 4) is 0 Å². The van der Waals surface area contributed by atoms with E-state index in [0.29, 0.717) is 23.9 Å². The number of furan rings is 1. The summed E-state index contributed by atoms with van der Waals surface area (Å²) in [7, 11) is 0. The number of amides is 1. The van der Waals surface area contributed by atoms with E-state index < -0.39 is 0 Å². The fraction of sp³-hybridized carbons (Fsp3) is 0.190. The maximum atomic E-state index is 13.1. The van der Waals surface area contributed by atoms with Gasteiger partial charge in [-0.2, -0.15) is 5.10 Å². The fourth-order valence-electron chi connectivity index (χ4n) is 3.38. The summed E-state index contributed by atoms with van der Waals surface area (Å²) in [5.74, 6) is 0.780. The third-order valence-electron chi connectivity index (χ3n) is 4.84. The van der Waals surface area contributed by atoms with Crippen LogP contribution in [-0.4, -0.2) is 42.6 Å². The molecular weight excluding hydrogens is 432 g/mol. The first-order valence-electron chi connectivity index (χ1n) is 9.67. The molecule has 0 bridgehead atoms. The van der Waals surface area contributed by atoms with Gasteiger partial charge in [-0.3, -0.25) is 4.79 Å². The molecular formula is C21H18N6O2S2. The van der Waals surface area contributed by atoms with E-state index in [1.165, 1.54) is 11.8 Å². The molecule has 3 aromatic heterocycles. The van der Waals surface area contributed by atoms with Crippen molar-refractivity contribution in [1.29, 1.82) is 0 Å². The number of benzene rings is 1. The molecule has 0 fully saturated rings. The Balaban J connectivity index is 1.31. The summed E-state index contributed by atoms with van der Waals surface area (Å²) in [6, 6.07) is 17.5. The number of hydrogen-bond donors (Lipinski definition) is 0. The minimum Gasteiger partial charge on any atom is -0.463 e. The van der Waals surface area contributed by atoms with Crippen molar-refractivity contribution in [2.45, 2.75) is 24.2 Å². The van der Waals surface area contributed by atoms with E-state index in [2.05, 4.69) is 20.6 Å². The highest BCUT2D eigenvalue weighted by molar-refractivity contribution is 7.99. The second-order valence-corrected chi connectivity index (χ2v) is 8.81. The maximum absolute atomic E-state index is 13.1. The Morgan fingerprint density at radius 2 is 2.06 bits per heavy atom. The predicted molar refractivity (Wildman–Crippen MR) is 118 cm³/mol. The highest BCUT2D eigenvalue weighted by Crippen LogP contribution is 2.35. The van der Waals surface area contributed by atoms with Crippen molar-refractivity contribution in [1.82, 2.24) is 25.2 Å². The number of hydrazone groups is 1. The standard InChI is InChI=1S/C21H18N6O2S2/c28-20(14-31-21-22-24-25-26(21)13-15-6-2-1-3-7-15)27-17(19-9-5-11-30-19)12-16(23-27)18-8-4-10-29-18/h1-11,17H,12-14H2. The Morgan fingerprint density at radius 1 is 1.16 bits per heavy atom. The van der Waals surface area contributed by atoms with Crippen molar-refractivity contribution in [2.24, 2.45) is 5.10 Å². The van der Waals surface area contributed by atoms with E-state index in [1.54, 1.807) is 27.3 Å². The van der Waals surface area contributed by atoms with Crippen molar-refractivity contribution in [3.05, 3.63) is 82.4 Å². The quantitative estimate of drug-likeness (QED) is 0.398. The van der Waals surface area contributed by atoms with E-state index in [-0.39, 0.29) is 17.7 Å². The van der Waals surface area contributed by atoms with Crippen LogP contribution in [0, 0.1) is 0 Å². The summed E-state index contributed by atoms with van der Waals surface area (Å²) in [4.78, 5) is 14.2. The van der Waals surface area contributed by atoms with Crippen molar-refractivity contribution in [2.75, 3.05) is 5.75 Å². The molecule has 1 amide bonds. The lowest BCUT2D eigenvalue weighted by Crippen LogP contribution is -2.28. The monoisotopic (exact) mass is 450 g/mol. The summed E-state index contributed by atoms with van der Waals surface area (Å²) >= 11 is 2.93. The van der Waals surface area contributed by atoms with E-state index in [4.69, 9.17) is 4.42 Å². The van der Waals surface area contributed by atoms with Crippen LogP contribution < -0.4 is 0 Å². The molecule has 1 aromatic carbocycles. The topological polar surface area (TPSA) is 89.4 Å². The molecule has 31 heavy (non-hydrogen) atoms. The van der Waals surface area contributed by atoms with Crippen LogP contribution in [0.5, 0.6) is 0 Å². The predicted octanol–water partition coefficient (Wildman–Crippen LogP) is 3.85. The highest BCUT2D eigenvalue weighted by atomic mass is 32.2. The summed E-state index contributed by atoms with van der Waals surface area (Å²) in [6.07, 6.45) is 2.24. The lowest BCUT2D eigenvalue weighted by Gasteiger charge is -2.20. The fourth-order valence-corrected chi connectivity index (χ4v) is 4.92. The summed E-state index contributed by atoms with van der Waals surface area (Å²) < 4.78 is 7.20. The highest BCUT2D eigenvalue weighted by Gasteiger charge is 2.34. The Bertz CT molecular complexity index is 1170. The van der Waals surface area contributed by atoms with Gasteiger partial charge >= 0.3 is 0 Å². The molecule has 0 spiro atoms. The maximum Gasteiger partial charge on any atom is 0.253 e. The smallest absolute Gasteiger partial charge is 0.253 e. The molecule has 8 nitrogen and oxygen atoms in total. The molecule has 1 atom stereocenters. The van der Waals surface area contributed by atoms with Crippen LogP contribution >= 0.6 is 23.1 Å². The van der Waals surface area contributed by atoms with Crippen LogP contribution in [0.3, 0.4) is 0 Å². The number of nitrogens with zero attached hydrogens (tertiary/aromatic N) is 6. The number of rotatable bonds is 7. The summed E-state index contributed by atoms with van der Waals surface area (Å²) in [6.45, 7) is 0.548. The number of carbonyl (C=O) groups excluding carboxylic acids is 1. The Labute approximate surface area is 186 Å². The lowest BCUT2D eigenvalue weighted by atomic mass is 10.1. The van der Waals surface area contributed by atoms with Gasteiger partial charge in [0.1, 0.15) is 11.5 Å². The Kier molecular flexibility index (Phi) is 5.63. The molecule has 156 valence electrons. The van der Waals surface area contributed by atoms with Crippen molar-refractivity contribution >= 4 is 34.7 Å².